The molecule has 0 aromatic carbocycles. The number of morpholine rings is 1. The van der Waals surface area contributed by atoms with Gasteiger partial charge in [-0.1, -0.05) is 25.5 Å². The first-order chi connectivity index (χ1) is 11.5. The molecule has 1 aliphatic heterocycles. The Hall–Kier alpha value is -2.21. The quantitative estimate of drug-likeness (QED) is 0.426. The van der Waals surface area contributed by atoms with Crippen LogP contribution in [0.15, 0.2) is 29.4 Å². The Balaban J connectivity index is 1.99. The molecule has 0 bridgehead atoms. The van der Waals surface area contributed by atoms with Gasteiger partial charge in [-0.3, -0.25) is 9.63 Å². The maximum Gasteiger partial charge on any atom is 0.347 e. The van der Waals surface area contributed by atoms with Gasteiger partial charge in [-0.15, -0.1) is 0 Å². The van der Waals surface area contributed by atoms with E-state index in [1.54, 1.807) is 12.2 Å². The first-order valence-electron chi connectivity index (χ1n) is 8.06. The molecule has 0 spiro atoms. The van der Waals surface area contributed by atoms with E-state index < -0.39 is 18.2 Å². The number of allylic oxidation sites excluding steroid dienone is 3. The maximum absolute atomic E-state index is 12.1. The summed E-state index contributed by atoms with van der Waals surface area (Å²) in [5.41, 5.74) is 1.47. The molecule has 1 saturated heterocycles. The zero-order valence-electron chi connectivity index (χ0n) is 13.9. The summed E-state index contributed by atoms with van der Waals surface area (Å²) in [6.45, 7) is 4.27. The third kappa shape index (κ3) is 4.64. The van der Waals surface area contributed by atoms with E-state index >= 15 is 0 Å². The maximum atomic E-state index is 12.1. The molecule has 2 atom stereocenters. The van der Waals surface area contributed by atoms with Gasteiger partial charge in [0.05, 0.1) is 6.61 Å². The van der Waals surface area contributed by atoms with Crippen molar-refractivity contribution in [3.63, 3.8) is 0 Å². The number of amides is 1. The lowest BCUT2D eigenvalue weighted by Gasteiger charge is -2.34. The molecule has 7 heteroatoms. The second kappa shape index (κ2) is 8.59. The average molecular weight is 334 g/mol. The molecule has 1 amide bonds. The SMILES string of the molecule is CCCCN(OCC1=CCC(=C=O)C=C1)C1NC(=O)C(C)OC1=O. The molecule has 1 aliphatic carbocycles. The predicted molar refractivity (Wildman–Crippen MR) is 86.1 cm³/mol. The van der Waals surface area contributed by atoms with Crippen molar-refractivity contribution in [2.75, 3.05) is 13.2 Å². The number of hydrogen-bond acceptors (Lipinski definition) is 6. The molecular formula is C17H22N2O5. The van der Waals surface area contributed by atoms with E-state index in [0.717, 1.165) is 18.4 Å². The average Bonchev–Trinajstić information content (AvgIpc) is 2.59. The highest BCUT2D eigenvalue weighted by molar-refractivity contribution is 5.91. The zero-order chi connectivity index (χ0) is 17.5. The van der Waals surface area contributed by atoms with Crippen LogP contribution in [0.4, 0.5) is 0 Å². The molecule has 130 valence electrons. The largest absolute Gasteiger partial charge is 0.450 e. The van der Waals surface area contributed by atoms with Gasteiger partial charge in [-0.2, -0.15) is 5.06 Å². The van der Waals surface area contributed by atoms with Crippen LogP contribution in [-0.4, -0.2) is 48.3 Å². The summed E-state index contributed by atoms with van der Waals surface area (Å²) >= 11 is 0. The van der Waals surface area contributed by atoms with Gasteiger partial charge in [-0.25, -0.2) is 9.59 Å². The van der Waals surface area contributed by atoms with Crippen LogP contribution in [0, 0.1) is 0 Å². The topological polar surface area (TPSA) is 84.9 Å². The number of nitrogens with zero attached hydrogens (tertiary/aromatic N) is 1. The Morgan fingerprint density at radius 2 is 2.21 bits per heavy atom. The number of carbonyl (C=O) groups excluding carboxylic acids is 3. The second-order valence-electron chi connectivity index (χ2n) is 5.70. The number of nitrogens with one attached hydrogen (secondary N) is 1. The summed E-state index contributed by atoms with van der Waals surface area (Å²) in [5.74, 6) is 0.984. The number of ether oxygens (including phenoxy) is 1. The number of carbonyl (C=O) groups is 2. The van der Waals surface area contributed by atoms with E-state index in [9.17, 15) is 14.4 Å². The van der Waals surface area contributed by atoms with E-state index in [1.165, 1.54) is 12.0 Å². The summed E-state index contributed by atoms with van der Waals surface area (Å²) < 4.78 is 5.04. The molecule has 0 aromatic rings. The monoisotopic (exact) mass is 334 g/mol. The van der Waals surface area contributed by atoms with E-state index in [0.29, 0.717) is 18.5 Å². The van der Waals surface area contributed by atoms with Crippen molar-refractivity contribution in [3.05, 3.63) is 29.4 Å². The van der Waals surface area contributed by atoms with Crippen LogP contribution in [0.3, 0.4) is 0 Å². The molecule has 7 nitrogen and oxygen atoms in total. The predicted octanol–water partition coefficient (Wildman–Crippen LogP) is 1.05. The lowest BCUT2D eigenvalue weighted by molar-refractivity contribution is -0.214. The van der Waals surface area contributed by atoms with Gasteiger partial charge in [0, 0.05) is 18.5 Å². The molecule has 24 heavy (non-hydrogen) atoms. The van der Waals surface area contributed by atoms with E-state index in [1.807, 2.05) is 18.9 Å². The summed E-state index contributed by atoms with van der Waals surface area (Å²) in [7, 11) is 0. The van der Waals surface area contributed by atoms with Crippen molar-refractivity contribution in [3.8, 4) is 0 Å². The van der Waals surface area contributed by atoms with Gasteiger partial charge in [0.15, 0.2) is 6.10 Å². The molecule has 0 radical (unpaired) electrons. The molecule has 2 unspecified atom stereocenters. The van der Waals surface area contributed by atoms with Crippen molar-refractivity contribution < 1.29 is 24.0 Å². The summed E-state index contributed by atoms with van der Waals surface area (Å²) in [6, 6.07) is 0. The van der Waals surface area contributed by atoms with Gasteiger partial charge < -0.3 is 10.1 Å². The molecule has 2 aliphatic rings. The van der Waals surface area contributed by atoms with Crippen molar-refractivity contribution in [2.24, 2.45) is 0 Å². The lowest BCUT2D eigenvalue weighted by atomic mass is 10.0. The lowest BCUT2D eigenvalue weighted by Crippen LogP contribution is -2.60. The highest BCUT2D eigenvalue weighted by atomic mass is 16.7. The summed E-state index contributed by atoms with van der Waals surface area (Å²) in [5, 5.41) is 4.08. The van der Waals surface area contributed by atoms with Gasteiger partial charge in [0.1, 0.15) is 5.94 Å². The Kier molecular flexibility index (Phi) is 6.49. The fourth-order valence-electron chi connectivity index (χ4n) is 2.30. The first kappa shape index (κ1) is 18.1. The summed E-state index contributed by atoms with van der Waals surface area (Å²) in [4.78, 5) is 40.1. The van der Waals surface area contributed by atoms with Crippen LogP contribution < -0.4 is 5.32 Å². The minimum atomic E-state index is -0.946. The molecule has 1 heterocycles. The standard InChI is InChI=1S/C17H22N2O5/c1-3-4-9-19(15-17(22)24-12(2)16(21)18-15)23-11-14-7-5-13(10-20)6-8-14/h5,7-8,12,15H,3-4,6,9,11H2,1-2H3,(H,18,21). The minimum absolute atomic E-state index is 0.238. The number of cyclic esters (lactones) is 1. The normalized spacial score (nSPS) is 23.6. The smallest absolute Gasteiger partial charge is 0.347 e. The fraction of sp³-hybridized carbons (Fsp3) is 0.529. The molecule has 0 aromatic heterocycles. The molecule has 0 saturated carbocycles. The highest BCUT2D eigenvalue weighted by Crippen LogP contribution is 2.16. The Bertz CT molecular complexity index is 604. The zero-order valence-corrected chi connectivity index (χ0v) is 13.9. The van der Waals surface area contributed by atoms with Gasteiger partial charge in [0.2, 0.25) is 6.17 Å². The van der Waals surface area contributed by atoms with Crippen molar-refractivity contribution in [1.82, 2.24) is 10.4 Å². The van der Waals surface area contributed by atoms with Crippen LogP contribution in [0.1, 0.15) is 33.1 Å². The summed E-state index contributed by atoms with van der Waals surface area (Å²) in [6.07, 6.45) is 5.84. The van der Waals surface area contributed by atoms with Gasteiger partial charge >= 0.3 is 5.97 Å². The number of unbranched alkanes of at least 4 members (excludes halogenated alkanes) is 1. The van der Waals surface area contributed by atoms with Crippen molar-refractivity contribution >= 4 is 17.8 Å². The third-order valence-corrected chi connectivity index (χ3v) is 3.80. The fourth-order valence-corrected chi connectivity index (χ4v) is 2.30. The number of hydrogen-bond donors (Lipinski definition) is 1. The third-order valence-electron chi connectivity index (χ3n) is 3.80. The number of esters is 1. The van der Waals surface area contributed by atoms with Gasteiger partial charge in [-0.05, 0) is 25.0 Å². The molecule has 1 fully saturated rings. The molecule has 1 N–H and O–H groups in total. The number of rotatable bonds is 7. The Morgan fingerprint density at radius 1 is 1.42 bits per heavy atom. The second-order valence-corrected chi connectivity index (χ2v) is 5.70. The van der Waals surface area contributed by atoms with Crippen molar-refractivity contribution in [2.45, 2.75) is 45.4 Å². The van der Waals surface area contributed by atoms with Crippen LogP contribution in [-0.2, 0) is 24.0 Å². The van der Waals surface area contributed by atoms with Crippen LogP contribution in [0.5, 0.6) is 0 Å². The first-order valence-corrected chi connectivity index (χ1v) is 8.06. The minimum Gasteiger partial charge on any atom is -0.450 e. The molecule has 2 rings (SSSR count). The highest BCUT2D eigenvalue weighted by Gasteiger charge is 2.37. The van der Waals surface area contributed by atoms with E-state index in [2.05, 4.69) is 5.32 Å². The van der Waals surface area contributed by atoms with E-state index in [-0.39, 0.29) is 12.5 Å². The van der Waals surface area contributed by atoms with Crippen LogP contribution in [0.2, 0.25) is 0 Å². The molecular weight excluding hydrogens is 312 g/mol. The number of hydroxylamine groups is 2. The Labute approximate surface area is 140 Å². The van der Waals surface area contributed by atoms with Gasteiger partial charge in [0.25, 0.3) is 5.91 Å². The Morgan fingerprint density at radius 3 is 2.83 bits per heavy atom. The van der Waals surface area contributed by atoms with Crippen LogP contribution >= 0.6 is 0 Å². The van der Waals surface area contributed by atoms with Crippen molar-refractivity contribution in [1.29, 1.82) is 0 Å². The van der Waals surface area contributed by atoms with E-state index in [4.69, 9.17) is 9.57 Å². The van der Waals surface area contributed by atoms with Crippen LogP contribution in [0.25, 0.3) is 0 Å².